The highest BCUT2D eigenvalue weighted by molar-refractivity contribution is 5.77. The Balaban J connectivity index is 2.16. The lowest BCUT2D eigenvalue weighted by molar-refractivity contribution is -0.142. The third-order valence-corrected chi connectivity index (χ3v) is 4.19. The van der Waals surface area contributed by atoms with Gasteiger partial charge in [-0.15, -0.1) is 0 Å². The van der Waals surface area contributed by atoms with E-state index in [1.54, 1.807) is 0 Å². The molecule has 0 aliphatic heterocycles. The van der Waals surface area contributed by atoms with Gasteiger partial charge in [0.15, 0.2) is 0 Å². The van der Waals surface area contributed by atoms with Gasteiger partial charge < -0.3 is 14.9 Å². The van der Waals surface area contributed by atoms with Crippen molar-refractivity contribution in [1.29, 1.82) is 0 Å². The van der Waals surface area contributed by atoms with Crippen LogP contribution in [0.25, 0.3) is 16.9 Å². The van der Waals surface area contributed by atoms with Crippen LogP contribution in [0.15, 0.2) is 42.6 Å². The Labute approximate surface area is 141 Å². The predicted octanol–water partition coefficient (Wildman–Crippen LogP) is 2.66. The highest BCUT2D eigenvalue weighted by Crippen LogP contribution is 2.27. The van der Waals surface area contributed by atoms with Crippen molar-refractivity contribution in [3.63, 3.8) is 0 Å². The van der Waals surface area contributed by atoms with Crippen LogP contribution in [0, 0.1) is 13.8 Å². The van der Waals surface area contributed by atoms with Crippen molar-refractivity contribution in [2.75, 3.05) is 7.11 Å². The van der Waals surface area contributed by atoms with E-state index in [9.17, 15) is 4.79 Å². The number of carbonyl (C=O) groups excluding carboxylic acids is 1. The van der Waals surface area contributed by atoms with Gasteiger partial charge in [-0.3, -0.25) is 4.79 Å². The summed E-state index contributed by atoms with van der Waals surface area (Å²) in [4.78, 5) is 16.6. The molecule has 2 heterocycles. The standard InChI is InChI=1S/C19H21N3O2/c1-12-6-8-14(9-7-12)17-16(11-15(20)19(23)24-3)22-10-4-5-13(2)18(22)21-17/h4-10,15H,11,20H2,1-3H3. The maximum absolute atomic E-state index is 11.8. The first-order valence-electron chi connectivity index (χ1n) is 7.88. The molecule has 3 aromatic rings. The molecule has 3 rings (SSSR count). The van der Waals surface area contributed by atoms with E-state index >= 15 is 0 Å². The zero-order valence-electron chi connectivity index (χ0n) is 14.1. The van der Waals surface area contributed by atoms with E-state index in [-0.39, 0.29) is 0 Å². The van der Waals surface area contributed by atoms with Crippen molar-refractivity contribution in [3.8, 4) is 11.3 Å². The van der Waals surface area contributed by atoms with Crippen LogP contribution in [-0.2, 0) is 16.0 Å². The van der Waals surface area contributed by atoms with Crippen molar-refractivity contribution in [2.45, 2.75) is 26.3 Å². The largest absolute Gasteiger partial charge is 0.468 e. The van der Waals surface area contributed by atoms with Crippen molar-refractivity contribution in [1.82, 2.24) is 9.38 Å². The average Bonchev–Trinajstić information content (AvgIpc) is 2.95. The van der Waals surface area contributed by atoms with E-state index in [4.69, 9.17) is 15.5 Å². The fraction of sp³-hybridized carbons (Fsp3) is 0.263. The second kappa shape index (κ2) is 6.45. The first-order valence-corrected chi connectivity index (χ1v) is 7.88. The summed E-state index contributed by atoms with van der Waals surface area (Å²) in [5.41, 5.74) is 11.9. The van der Waals surface area contributed by atoms with Gasteiger partial charge in [-0.05, 0) is 25.5 Å². The van der Waals surface area contributed by atoms with Gasteiger partial charge >= 0.3 is 5.97 Å². The topological polar surface area (TPSA) is 69.6 Å². The lowest BCUT2D eigenvalue weighted by atomic mass is 10.0. The molecule has 1 atom stereocenters. The number of nitrogens with zero attached hydrogens (tertiary/aromatic N) is 2. The van der Waals surface area contributed by atoms with E-state index in [0.29, 0.717) is 6.42 Å². The Morgan fingerprint density at radius 2 is 1.96 bits per heavy atom. The quantitative estimate of drug-likeness (QED) is 0.749. The Morgan fingerprint density at radius 3 is 2.62 bits per heavy atom. The van der Waals surface area contributed by atoms with Crippen molar-refractivity contribution < 1.29 is 9.53 Å². The Kier molecular flexibility index (Phi) is 4.36. The minimum atomic E-state index is -0.723. The molecular formula is C19H21N3O2. The average molecular weight is 323 g/mol. The number of ether oxygens (including phenoxy) is 1. The number of imidazole rings is 1. The van der Waals surface area contributed by atoms with Gasteiger partial charge in [0.1, 0.15) is 11.7 Å². The molecule has 0 saturated carbocycles. The normalized spacial score (nSPS) is 12.3. The number of benzene rings is 1. The maximum atomic E-state index is 11.8. The highest BCUT2D eigenvalue weighted by Gasteiger charge is 2.21. The summed E-state index contributed by atoms with van der Waals surface area (Å²) < 4.78 is 6.77. The van der Waals surface area contributed by atoms with Crippen LogP contribution in [-0.4, -0.2) is 28.5 Å². The molecule has 24 heavy (non-hydrogen) atoms. The Hall–Kier alpha value is -2.66. The maximum Gasteiger partial charge on any atom is 0.323 e. The van der Waals surface area contributed by atoms with Crippen LogP contribution < -0.4 is 5.73 Å². The number of fused-ring (bicyclic) bond motifs is 1. The molecule has 0 fully saturated rings. The molecule has 0 radical (unpaired) electrons. The molecule has 5 heteroatoms. The fourth-order valence-corrected chi connectivity index (χ4v) is 2.83. The minimum absolute atomic E-state index is 0.362. The summed E-state index contributed by atoms with van der Waals surface area (Å²) in [5, 5.41) is 0. The number of nitrogens with two attached hydrogens (primary N) is 1. The number of methoxy groups -OCH3 is 1. The molecule has 2 N–H and O–H groups in total. The lowest BCUT2D eigenvalue weighted by Gasteiger charge is -2.11. The summed E-state index contributed by atoms with van der Waals surface area (Å²) in [7, 11) is 1.35. The van der Waals surface area contributed by atoms with E-state index in [1.165, 1.54) is 12.7 Å². The summed E-state index contributed by atoms with van der Waals surface area (Å²) in [5.74, 6) is -0.424. The zero-order chi connectivity index (χ0) is 17.3. The van der Waals surface area contributed by atoms with Crippen LogP contribution in [0.4, 0.5) is 0 Å². The van der Waals surface area contributed by atoms with Crippen molar-refractivity contribution in [2.24, 2.45) is 5.73 Å². The summed E-state index contributed by atoms with van der Waals surface area (Å²) in [6.07, 6.45) is 2.31. The smallest absolute Gasteiger partial charge is 0.323 e. The van der Waals surface area contributed by atoms with Crippen LogP contribution in [0.3, 0.4) is 0 Å². The molecule has 0 amide bonds. The van der Waals surface area contributed by atoms with Crippen LogP contribution in [0.1, 0.15) is 16.8 Å². The van der Waals surface area contributed by atoms with Gasteiger partial charge in [0.2, 0.25) is 0 Å². The number of hydrogen-bond acceptors (Lipinski definition) is 4. The lowest BCUT2D eigenvalue weighted by Crippen LogP contribution is -2.34. The summed E-state index contributed by atoms with van der Waals surface area (Å²) >= 11 is 0. The number of pyridine rings is 1. The molecule has 1 aromatic carbocycles. The number of rotatable bonds is 4. The first-order chi connectivity index (χ1) is 11.5. The second-order valence-corrected chi connectivity index (χ2v) is 5.99. The predicted molar refractivity (Wildman–Crippen MR) is 93.8 cm³/mol. The molecule has 124 valence electrons. The van der Waals surface area contributed by atoms with E-state index in [1.807, 2.05) is 48.7 Å². The molecule has 0 aliphatic rings. The van der Waals surface area contributed by atoms with Crippen molar-refractivity contribution in [3.05, 3.63) is 59.4 Å². The summed E-state index contributed by atoms with van der Waals surface area (Å²) in [6, 6.07) is 11.5. The van der Waals surface area contributed by atoms with Gasteiger partial charge in [-0.25, -0.2) is 4.98 Å². The second-order valence-electron chi connectivity index (χ2n) is 5.99. The molecule has 2 aromatic heterocycles. The van der Waals surface area contributed by atoms with Crippen LogP contribution >= 0.6 is 0 Å². The number of aryl methyl sites for hydroxylation is 2. The fourth-order valence-electron chi connectivity index (χ4n) is 2.83. The first kappa shape index (κ1) is 16.2. The van der Waals surface area contributed by atoms with Gasteiger partial charge in [0.25, 0.3) is 0 Å². The van der Waals surface area contributed by atoms with E-state index in [2.05, 4.69) is 12.1 Å². The molecular weight excluding hydrogens is 302 g/mol. The van der Waals surface area contributed by atoms with E-state index < -0.39 is 12.0 Å². The Bertz CT molecular complexity index is 882. The van der Waals surface area contributed by atoms with Gasteiger partial charge in [0.05, 0.1) is 18.5 Å². The van der Waals surface area contributed by atoms with Crippen LogP contribution in [0.2, 0.25) is 0 Å². The molecule has 0 aliphatic carbocycles. The van der Waals surface area contributed by atoms with Gasteiger partial charge in [-0.1, -0.05) is 35.9 Å². The number of hydrogen-bond donors (Lipinski definition) is 1. The molecule has 5 nitrogen and oxygen atoms in total. The molecule has 1 unspecified atom stereocenters. The number of esters is 1. The molecule has 0 bridgehead atoms. The highest BCUT2D eigenvalue weighted by atomic mass is 16.5. The monoisotopic (exact) mass is 323 g/mol. The SMILES string of the molecule is COC(=O)C(N)Cc1c(-c2ccc(C)cc2)nc2c(C)cccn12. The molecule has 0 saturated heterocycles. The number of carbonyl (C=O) groups is 1. The van der Waals surface area contributed by atoms with Gasteiger partial charge in [0, 0.05) is 18.2 Å². The van der Waals surface area contributed by atoms with Crippen LogP contribution in [0.5, 0.6) is 0 Å². The Morgan fingerprint density at radius 1 is 1.25 bits per heavy atom. The number of aromatic nitrogens is 2. The van der Waals surface area contributed by atoms with E-state index in [0.717, 1.165) is 28.2 Å². The summed E-state index contributed by atoms with van der Waals surface area (Å²) in [6.45, 7) is 4.07. The third kappa shape index (κ3) is 2.90. The third-order valence-electron chi connectivity index (χ3n) is 4.19. The zero-order valence-corrected chi connectivity index (χ0v) is 14.1. The van der Waals surface area contributed by atoms with Gasteiger partial charge in [-0.2, -0.15) is 0 Å². The van der Waals surface area contributed by atoms with Crippen molar-refractivity contribution >= 4 is 11.6 Å². The molecule has 0 spiro atoms. The minimum Gasteiger partial charge on any atom is -0.468 e.